The second kappa shape index (κ2) is 7.71. The molecule has 0 spiro atoms. The van der Waals surface area contributed by atoms with Gasteiger partial charge in [0.1, 0.15) is 5.75 Å². The summed E-state index contributed by atoms with van der Waals surface area (Å²) in [6.45, 7) is 1.70. The van der Waals surface area contributed by atoms with Crippen molar-refractivity contribution in [3.05, 3.63) is 53.7 Å². The van der Waals surface area contributed by atoms with Gasteiger partial charge in [-0.05, 0) is 49.4 Å². The molecule has 0 bridgehead atoms. The maximum Gasteiger partial charge on any atom is 0.416 e. The van der Waals surface area contributed by atoms with Gasteiger partial charge >= 0.3 is 12.1 Å². The molecule has 0 aliphatic heterocycles. The van der Waals surface area contributed by atoms with Crippen LogP contribution in [0, 0.1) is 0 Å². The van der Waals surface area contributed by atoms with E-state index in [0.29, 0.717) is 11.4 Å². The molecule has 6 nitrogen and oxygen atoms in total. The molecule has 9 heteroatoms. The number of alkyl halides is 3. The predicted octanol–water partition coefficient (Wildman–Crippen LogP) is 4.58. The first-order valence-corrected chi connectivity index (χ1v) is 8.29. The van der Waals surface area contributed by atoms with Gasteiger partial charge in [-0.1, -0.05) is 0 Å². The number of hydrogen-bond donors (Lipinski definition) is 1. The fourth-order valence-corrected chi connectivity index (χ4v) is 2.47. The quantitative estimate of drug-likeness (QED) is 0.642. The summed E-state index contributed by atoms with van der Waals surface area (Å²) in [5.41, 5.74) is -0.341. The Morgan fingerprint density at radius 1 is 1.07 bits per heavy atom. The van der Waals surface area contributed by atoms with Crippen LogP contribution in [-0.4, -0.2) is 29.7 Å². The third kappa shape index (κ3) is 4.13. The van der Waals surface area contributed by atoms with E-state index < -0.39 is 17.7 Å². The molecule has 28 heavy (non-hydrogen) atoms. The van der Waals surface area contributed by atoms with Gasteiger partial charge in [-0.3, -0.25) is 0 Å². The maximum atomic E-state index is 13.0. The van der Waals surface area contributed by atoms with Gasteiger partial charge in [0.25, 0.3) is 0 Å². The number of benzene rings is 2. The van der Waals surface area contributed by atoms with Crippen LogP contribution in [0.4, 0.5) is 24.7 Å². The molecule has 0 aliphatic rings. The summed E-state index contributed by atoms with van der Waals surface area (Å²) in [6, 6.07) is 9.78. The third-order valence-electron chi connectivity index (χ3n) is 3.81. The summed E-state index contributed by atoms with van der Waals surface area (Å²) in [6.07, 6.45) is -4.53. The number of carbonyl (C=O) groups is 1. The van der Waals surface area contributed by atoms with Crippen LogP contribution in [0.5, 0.6) is 5.75 Å². The van der Waals surface area contributed by atoms with Crippen LogP contribution >= 0.6 is 0 Å². The number of fused-ring (bicyclic) bond motifs is 1. The normalized spacial score (nSPS) is 11.3. The van der Waals surface area contributed by atoms with Crippen molar-refractivity contribution in [3.63, 3.8) is 0 Å². The minimum absolute atomic E-state index is 0.0573. The molecule has 0 aliphatic carbocycles. The molecule has 3 aromatic rings. The molecule has 1 heterocycles. The molecule has 146 valence electrons. The molecule has 0 saturated heterocycles. The summed E-state index contributed by atoms with van der Waals surface area (Å²) in [5, 5.41) is 2.95. The first kappa shape index (κ1) is 19.4. The minimum atomic E-state index is -4.53. The predicted molar refractivity (Wildman–Crippen MR) is 96.8 cm³/mol. The monoisotopic (exact) mass is 391 g/mol. The first-order valence-electron chi connectivity index (χ1n) is 8.29. The van der Waals surface area contributed by atoms with Crippen molar-refractivity contribution in [3.8, 4) is 5.75 Å². The van der Waals surface area contributed by atoms with Gasteiger partial charge in [-0.2, -0.15) is 13.2 Å². The van der Waals surface area contributed by atoms with Crippen LogP contribution in [-0.2, 0) is 10.9 Å². The molecule has 3 rings (SSSR count). The largest absolute Gasteiger partial charge is 0.497 e. The number of ether oxygens (including phenoxy) is 2. The second-order valence-electron chi connectivity index (χ2n) is 5.70. The fraction of sp³-hybridized carbons (Fsp3) is 0.211. The zero-order valence-electron chi connectivity index (χ0n) is 15.0. The van der Waals surface area contributed by atoms with Gasteiger partial charge in [-0.25, -0.2) is 14.8 Å². The van der Waals surface area contributed by atoms with E-state index in [4.69, 9.17) is 9.47 Å². The Bertz CT molecular complexity index is 1000. The van der Waals surface area contributed by atoms with Crippen LogP contribution in [0.1, 0.15) is 23.0 Å². The third-order valence-corrected chi connectivity index (χ3v) is 3.81. The fourth-order valence-electron chi connectivity index (χ4n) is 2.47. The molecule has 0 saturated carbocycles. The number of nitrogens with zero attached hydrogens (tertiary/aromatic N) is 2. The number of esters is 1. The van der Waals surface area contributed by atoms with Crippen molar-refractivity contribution >= 4 is 28.5 Å². The highest BCUT2D eigenvalue weighted by molar-refractivity contribution is 5.96. The molecule has 0 atom stereocenters. The van der Waals surface area contributed by atoms with E-state index in [1.54, 1.807) is 31.2 Å². The molecule has 1 N–H and O–H groups in total. The number of methoxy groups -OCH3 is 1. The number of rotatable bonds is 5. The van der Waals surface area contributed by atoms with E-state index in [9.17, 15) is 18.0 Å². The Kier molecular flexibility index (Phi) is 5.34. The first-order chi connectivity index (χ1) is 13.3. The number of anilines is 2. The Morgan fingerprint density at radius 3 is 2.39 bits per heavy atom. The Balaban J connectivity index is 2.07. The van der Waals surface area contributed by atoms with Gasteiger partial charge in [0, 0.05) is 5.69 Å². The average molecular weight is 391 g/mol. The average Bonchev–Trinajstić information content (AvgIpc) is 2.67. The number of hydrogen-bond acceptors (Lipinski definition) is 6. The highest BCUT2D eigenvalue weighted by Crippen LogP contribution is 2.31. The van der Waals surface area contributed by atoms with E-state index in [1.807, 2.05) is 0 Å². The second-order valence-corrected chi connectivity index (χ2v) is 5.70. The van der Waals surface area contributed by atoms with Gasteiger partial charge in [-0.15, -0.1) is 0 Å². The molecule has 1 aromatic heterocycles. The van der Waals surface area contributed by atoms with Crippen molar-refractivity contribution in [1.29, 1.82) is 0 Å². The maximum absolute atomic E-state index is 13.0. The zero-order valence-corrected chi connectivity index (χ0v) is 15.0. The van der Waals surface area contributed by atoms with Crippen molar-refractivity contribution in [2.24, 2.45) is 0 Å². The summed E-state index contributed by atoms with van der Waals surface area (Å²) >= 11 is 0. The summed E-state index contributed by atoms with van der Waals surface area (Å²) in [4.78, 5) is 20.6. The van der Waals surface area contributed by atoms with Gasteiger partial charge in [0.05, 0.1) is 30.3 Å². The Morgan fingerprint density at radius 2 is 1.79 bits per heavy atom. The molecule has 0 amide bonds. The van der Waals surface area contributed by atoms with Crippen LogP contribution in [0.3, 0.4) is 0 Å². The highest BCUT2D eigenvalue weighted by atomic mass is 19.4. The van der Waals surface area contributed by atoms with Crippen LogP contribution in [0.25, 0.3) is 11.0 Å². The van der Waals surface area contributed by atoms with Gasteiger partial charge < -0.3 is 14.8 Å². The Labute approximate surface area is 158 Å². The van der Waals surface area contributed by atoms with Crippen molar-refractivity contribution in [2.75, 3.05) is 19.0 Å². The number of halogens is 3. The van der Waals surface area contributed by atoms with Gasteiger partial charge in [0.2, 0.25) is 0 Å². The minimum Gasteiger partial charge on any atom is -0.497 e. The van der Waals surface area contributed by atoms with E-state index in [1.165, 1.54) is 13.2 Å². The molecular formula is C19H16F3N3O3. The number of nitrogens with one attached hydrogen (secondary N) is 1. The summed E-state index contributed by atoms with van der Waals surface area (Å²) in [5.74, 6) is -0.0679. The highest BCUT2D eigenvalue weighted by Gasteiger charge is 2.31. The summed E-state index contributed by atoms with van der Waals surface area (Å²) in [7, 11) is 1.53. The smallest absolute Gasteiger partial charge is 0.416 e. The van der Waals surface area contributed by atoms with Crippen molar-refractivity contribution < 1.29 is 27.4 Å². The molecular weight excluding hydrogens is 375 g/mol. The lowest BCUT2D eigenvalue weighted by molar-refractivity contribution is -0.137. The van der Waals surface area contributed by atoms with Crippen LogP contribution < -0.4 is 10.1 Å². The SMILES string of the molecule is CCOC(=O)c1nc2cc(C(F)(F)F)ccc2nc1Nc1ccc(OC)cc1. The standard InChI is InChI=1S/C19H16F3N3O3/c1-3-28-18(26)16-17(23-12-5-7-13(27-2)8-6-12)25-14-9-4-11(19(20,21)22)10-15(14)24-16/h4-10H,3H2,1-2H3,(H,23,25). The Hall–Kier alpha value is -3.36. The van der Waals surface area contributed by atoms with E-state index in [0.717, 1.165) is 12.1 Å². The molecule has 0 fully saturated rings. The summed E-state index contributed by atoms with van der Waals surface area (Å²) < 4.78 is 48.9. The number of carbonyl (C=O) groups excluding carboxylic acids is 1. The van der Waals surface area contributed by atoms with E-state index in [-0.39, 0.29) is 29.2 Å². The van der Waals surface area contributed by atoms with Crippen LogP contribution in [0.2, 0.25) is 0 Å². The van der Waals surface area contributed by atoms with Gasteiger partial charge in [0.15, 0.2) is 11.5 Å². The van der Waals surface area contributed by atoms with Crippen molar-refractivity contribution in [1.82, 2.24) is 9.97 Å². The van der Waals surface area contributed by atoms with Crippen molar-refractivity contribution in [2.45, 2.75) is 13.1 Å². The zero-order chi connectivity index (χ0) is 20.3. The van der Waals surface area contributed by atoms with E-state index in [2.05, 4.69) is 15.3 Å². The molecule has 0 radical (unpaired) electrons. The lowest BCUT2D eigenvalue weighted by Crippen LogP contribution is -2.13. The number of aromatic nitrogens is 2. The molecule has 2 aromatic carbocycles. The van der Waals surface area contributed by atoms with Crippen LogP contribution in [0.15, 0.2) is 42.5 Å². The molecule has 0 unspecified atom stereocenters. The van der Waals surface area contributed by atoms with E-state index >= 15 is 0 Å². The topological polar surface area (TPSA) is 73.3 Å². The lowest BCUT2D eigenvalue weighted by Gasteiger charge is -2.13. The lowest BCUT2D eigenvalue weighted by atomic mass is 10.2.